The normalized spacial score (nSPS) is 31.8. The summed E-state index contributed by atoms with van der Waals surface area (Å²) < 4.78 is 5.33. The van der Waals surface area contributed by atoms with Crippen molar-refractivity contribution in [3.63, 3.8) is 0 Å². The van der Waals surface area contributed by atoms with Crippen LogP contribution >= 0.6 is 0 Å². The molecule has 2 aliphatic heterocycles. The third kappa shape index (κ3) is 2.93. The van der Waals surface area contributed by atoms with Gasteiger partial charge in [-0.05, 0) is 31.8 Å². The number of nitrogens with zero attached hydrogens (tertiary/aromatic N) is 1. The van der Waals surface area contributed by atoms with Gasteiger partial charge in [-0.1, -0.05) is 0 Å². The molecule has 0 aromatic rings. The van der Waals surface area contributed by atoms with Crippen LogP contribution in [0.5, 0.6) is 0 Å². The van der Waals surface area contributed by atoms with E-state index >= 15 is 0 Å². The Kier molecular flexibility index (Phi) is 3.58. The fraction of sp³-hybridized carbons (Fsp3) is 1.00. The van der Waals surface area contributed by atoms with Crippen LogP contribution in [0.2, 0.25) is 0 Å². The van der Waals surface area contributed by atoms with Gasteiger partial charge in [-0.25, -0.2) is 0 Å². The van der Waals surface area contributed by atoms with Crippen molar-refractivity contribution >= 4 is 0 Å². The SMILES string of the molecule is C1CNC[C@@H](CN2CCOCC2)C1. The summed E-state index contributed by atoms with van der Waals surface area (Å²) in [6.45, 7) is 7.85. The second kappa shape index (κ2) is 4.94. The molecule has 0 unspecified atom stereocenters. The lowest BCUT2D eigenvalue weighted by Crippen LogP contribution is -2.43. The van der Waals surface area contributed by atoms with E-state index in [1.807, 2.05) is 0 Å². The molecule has 2 rings (SSSR count). The van der Waals surface area contributed by atoms with Gasteiger partial charge in [-0.15, -0.1) is 0 Å². The highest BCUT2D eigenvalue weighted by molar-refractivity contribution is 4.73. The molecule has 0 saturated carbocycles. The Labute approximate surface area is 80.4 Å². The molecule has 0 amide bonds. The van der Waals surface area contributed by atoms with E-state index < -0.39 is 0 Å². The summed E-state index contributed by atoms with van der Waals surface area (Å²) in [5.41, 5.74) is 0. The first kappa shape index (κ1) is 9.44. The van der Waals surface area contributed by atoms with Crippen LogP contribution in [0.15, 0.2) is 0 Å². The number of piperidine rings is 1. The Morgan fingerprint density at radius 2 is 2.15 bits per heavy atom. The van der Waals surface area contributed by atoms with E-state index in [1.54, 1.807) is 0 Å². The van der Waals surface area contributed by atoms with Gasteiger partial charge < -0.3 is 10.1 Å². The molecule has 3 heteroatoms. The molecule has 0 aromatic carbocycles. The maximum absolute atomic E-state index is 5.33. The van der Waals surface area contributed by atoms with E-state index in [-0.39, 0.29) is 0 Å². The van der Waals surface area contributed by atoms with Crippen molar-refractivity contribution in [1.29, 1.82) is 0 Å². The van der Waals surface area contributed by atoms with Gasteiger partial charge in [0.2, 0.25) is 0 Å². The molecule has 1 N–H and O–H groups in total. The minimum absolute atomic E-state index is 0.881. The maximum atomic E-state index is 5.33. The zero-order valence-corrected chi connectivity index (χ0v) is 8.30. The van der Waals surface area contributed by atoms with Crippen LogP contribution in [0.1, 0.15) is 12.8 Å². The average Bonchev–Trinajstić information content (AvgIpc) is 2.21. The number of ether oxygens (including phenoxy) is 1. The molecule has 3 nitrogen and oxygen atoms in total. The quantitative estimate of drug-likeness (QED) is 0.669. The molecule has 13 heavy (non-hydrogen) atoms. The molecule has 0 spiro atoms. The molecular weight excluding hydrogens is 164 g/mol. The Morgan fingerprint density at radius 3 is 2.85 bits per heavy atom. The summed E-state index contributed by atoms with van der Waals surface area (Å²) in [4.78, 5) is 2.54. The Morgan fingerprint density at radius 1 is 1.31 bits per heavy atom. The van der Waals surface area contributed by atoms with Crippen LogP contribution in [0.3, 0.4) is 0 Å². The molecule has 0 aliphatic carbocycles. The summed E-state index contributed by atoms with van der Waals surface area (Å²) in [5.74, 6) is 0.881. The smallest absolute Gasteiger partial charge is 0.0594 e. The van der Waals surface area contributed by atoms with Gasteiger partial charge in [-0.3, -0.25) is 4.90 Å². The monoisotopic (exact) mass is 184 g/mol. The number of hydrogen-bond acceptors (Lipinski definition) is 3. The van der Waals surface area contributed by atoms with E-state index in [0.717, 1.165) is 32.2 Å². The van der Waals surface area contributed by atoms with Crippen molar-refractivity contribution in [3.8, 4) is 0 Å². The van der Waals surface area contributed by atoms with Gasteiger partial charge in [0.1, 0.15) is 0 Å². The highest BCUT2D eigenvalue weighted by Crippen LogP contribution is 2.12. The van der Waals surface area contributed by atoms with E-state index in [2.05, 4.69) is 10.2 Å². The summed E-state index contributed by atoms with van der Waals surface area (Å²) >= 11 is 0. The Bertz CT molecular complexity index is 124. The molecule has 0 bridgehead atoms. The fourth-order valence-electron chi connectivity index (χ4n) is 2.23. The summed E-state index contributed by atoms with van der Waals surface area (Å²) in [5, 5.41) is 3.47. The molecule has 2 fully saturated rings. The molecular formula is C10H20N2O. The summed E-state index contributed by atoms with van der Waals surface area (Å²) in [6.07, 6.45) is 2.76. The van der Waals surface area contributed by atoms with E-state index in [9.17, 15) is 0 Å². The lowest BCUT2D eigenvalue weighted by atomic mass is 9.99. The van der Waals surface area contributed by atoms with Crippen molar-refractivity contribution in [2.45, 2.75) is 12.8 Å². The second-order valence-electron chi connectivity index (χ2n) is 4.13. The van der Waals surface area contributed by atoms with Gasteiger partial charge >= 0.3 is 0 Å². The lowest BCUT2D eigenvalue weighted by molar-refractivity contribution is 0.0289. The molecule has 76 valence electrons. The Balaban J connectivity index is 1.69. The van der Waals surface area contributed by atoms with Gasteiger partial charge in [0.05, 0.1) is 13.2 Å². The molecule has 2 aliphatic rings. The first-order chi connectivity index (χ1) is 6.45. The van der Waals surface area contributed by atoms with Crippen molar-refractivity contribution in [3.05, 3.63) is 0 Å². The Hall–Kier alpha value is -0.120. The van der Waals surface area contributed by atoms with Gasteiger partial charge in [-0.2, -0.15) is 0 Å². The minimum Gasteiger partial charge on any atom is -0.379 e. The molecule has 0 radical (unpaired) electrons. The summed E-state index contributed by atoms with van der Waals surface area (Å²) in [7, 11) is 0. The van der Waals surface area contributed by atoms with Crippen LogP contribution in [0.25, 0.3) is 0 Å². The van der Waals surface area contributed by atoms with Crippen LogP contribution in [-0.4, -0.2) is 50.8 Å². The molecule has 0 aromatic heterocycles. The highest BCUT2D eigenvalue weighted by atomic mass is 16.5. The fourth-order valence-corrected chi connectivity index (χ4v) is 2.23. The standard InChI is InChI=1S/C10H20N2O/c1-2-10(8-11-3-1)9-12-4-6-13-7-5-12/h10-11H,1-9H2/t10-/m0/s1. The van der Waals surface area contributed by atoms with Gasteiger partial charge in [0.25, 0.3) is 0 Å². The predicted molar refractivity (Wildman–Crippen MR) is 52.9 cm³/mol. The topological polar surface area (TPSA) is 24.5 Å². The number of rotatable bonds is 2. The summed E-state index contributed by atoms with van der Waals surface area (Å²) in [6, 6.07) is 0. The zero-order chi connectivity index (χ0) is 8.93. The van der Waals surface area contributed by atoms with Gasteiger partial charge in [0.15, 0.2) is 0 Å². The first-order valence-electron chi connectivity index (χ1n) is 5.46. The molecule has 2 heterocycles. The van der Waals surface area contributed by atoms with Crippen molar-refractivity contribution < 1.29 is 4.74 Å². The van der Waals surface area contributed by atoms with Crippen molar-refractivity contribution in [2.75, 3.05) is 45.9 Å². The largest absolute Gasteiger partial charge is 0.379 e. The maximum Gasteiger partial charge on any atom is 0.0594 e. The highest BCUT2D eigenvalue weighted by Gasteiger charge is 2.18. The number of nitrogens with one attached hydrogen (secondary N) is 1. The zero-order valence-electron chi connectivity index (χ0n) is 8.30. The van der Waals surface area contributed by atoms with E-state index in [1.165, 1.54) is 32.5 Å². The van der Waals surface area contributed by atoms with Crippen LogP contribution in [-0.2, 0) is 4.74 Å². The molecule has 2 saturated heterocycles. The minimum atomic E-state index is 0.881. The van der Waals surface area contributed by atoms with Crippen LogP contribution in [0.4, 0.5) is 0 Å². The third-order valence-electron chi connectivity index (χ3n) is 3.02. The number of hydrogen-bond donors (Lipinski definition) is 1. The predicted octanol–water partition coefficient (Wildman–Crippen LogP) is 0.318. The first-order valence-corrected chi connectivity index (χ1v) is 5.46. The third-order valence-corrected chi connectivity index (χ3v) is 3.02. The second-order valence-corrected chi connectivity index (χ2v) is 4.13. The average molecular weight is 184 g/mol. The number of morpholine rings is 1. The lowest BCUT2D eigenvalue weighted by Gasteiger charge is -2.32. The van der Waals surface area contributed by atoms with Crippen LogP contribution < -0.4 is 5.32 Å². The molecule has 1 atom stereocenters. The van der Waals surface area contributed by atoms with E-state index in [0.29, 0.717) is 0 Å². The van der Waals surface area contributed by atoms with Crippen molar-refractivity contribution in [1.82, 2.24) is 10.2 Å². The van der Waals surface area contributed by atoms with Gasteiger partial charge in [0, 0.05) is 19.6 Å². The van der Waals surface area contributed by atoms with Crippen LogP contribution in [0, 0.1) is 5.92 Å². The van der Waals surface area contributed by atoms with E-state index in [4.69, 9.17) is 4.74 Å². The van der Waals surface area contributed by atoms with Crippen molar-refractivity contribution in [2.24, 2.45) is 5.92 Å².